The maximum atomic E-state index is 10.4. The molecule has 0 fully saturated rings. The maximum absolute atomic E-state index is 10.4. The van der Waals surface area contributed by atoms with Gasteiger partial charge in [-0.15, -0.1) is 6.58 Å². The van der Waals surface area contributed by atoms with Crippen molar-refractivity contribution in [2.75, 3.05) is 0 Å². The normalized spacial score (nSPS) is 14.8. The largest absolute Gasteiger partial charge is 0.481 e. The van der Waals surface area contributed by atoms with Gasteiger partial charge >= 0.3 is 11.9 Å². The molecule has 0 unspecified atom stereocenters. The number of carboxylic acid groups (broad SMARTS) is 2. The van der Waals surface area contributed by atoms with Gasteiger partial charge in [-0.1, -0.05) is 6.08 Å². The first kappa shape index (κ1) is 10.6. The topological polar surface area (TPSA) is 94.8 Å². The highest BCUT2D eigenvalue weighted by molar-refractivity contribution is 5.83. The number of carbonyl (C=O) groups is 2. The van der Waals surface area contributed by atoms with E-state index >= 15 is 0 Å². The Kier molecular flexibility index (Phi) is 3.43. The Morgan fingerprint density at radius 3 is 2.17 bits per heavy atom. The molecule has 0 bridgehead atoms. The van der Waals surface area contributed by atoms with E-state index in [1.807, 2.05) is 0 Å². The van der Waals surface area contributed by atoms with Gasteiger partial charge in [0.2, 0.25) is 0 Å². The van der Waals surface area contributed by atoms with E-state index in [1.54, 1.807) is 0 Å². The summed E-state index contributed by atoms with van der Waals surface area (Å²) in [6.45, 7) is 3.22. The van der Waals surface area contributed by atoms with E-state index in [0.29, 0.717) is 0 Å². The van der Waals surface area contributed by atoms with Crippen LogP contribution in [0.1, 0.15) is 12.8 Å². The SMILES string of the molecule is C=CC[C@@](O)(CC(=O)O)C(=O)O. The lowest BCUT2D eigenvalue weighted by molar-refractivity contribution is -0.164. The fraction of sp³-hybridized carbons (Fsp3) is 0.429. The van der Waals surface area contributed by atoms with Crippen LogP contribution in [0.5, 0.6) is 0 Å². The van der Waals surface area contributed by atoms with E-state index in [-0.39, 0.29) is 6.42 Å². The van der Waals surface area contributed by atoms with Crippen molar-refractivity contribution in [3.05, 3.63) is 12.7 Å². The highest BCUT2D eigenvalue weighted by atomic mass is 16.4. The molecule has 0 aliphatic rings. The van der Waals surface area contributed by atoms with E-state index in [4.69, 9.17) is 10.2 Å². The zero-order chi connectivity index (χ0) is 9.78. The molecule has 0 amide bonds. The van der Waals surface area contributed by atoms with Crippen LogP contribution in [0.25, 0.3) is 0 Å². The third-order valence-corrected chi connectivity index (χ3v) is 1.32. The van der Waals surface area contributed by atoms with Crippen LogP contribution in [-0.4, -0.2) is 32.9 Å². The fourth-order valence-corrected chi connectivity index (χ4v) is 0.724. The third-order valence-electron chi connectivity index (χ3n) is 1.32. The molecule has 68 valence electrons. The van der Waals surface area contributed by atoms with Crippen molar-refractivity contribution in [2.45, 2.75) is 18.4 Å². The van der Waals surface area contributed by atoms with Crippen molar-refractivity contribution in [1.29, 1.82) is 0 Å². The number of hydrogen-bond donors (Lipinski definition) is 3. The lowest BCUT2D eigenvalue weighted by Crippen LogP contribution is -2.40. The predicted octanol–water partition coefficient (Wildman–Crippen LogP) is -0.147. The van der Waals surface area contributed by atoms with Crippen LogP contribution in [0.3, 0.4) is 0 Å². The van der Waals surface area contributed by atoms with Crippen LogP contribution >= 0.6 is 0 Å². The monoisotopic (exact) mass is 174 g/mol. The molecule has 3 N–H and O–H groups in total. The summed E-state index contributed by atoms with van der Waals surface area (Å²) in [6, 6.07) is 0. The molecule has 0 spiro atoms. The van der Waals surface area contributed by atoms with Crippen molar-refractivity contribution in [3.63, 3.8) is 0 Å². The molecular formula is C7H10O5. The summed E-state index contributed by atoms with van der Waals surface area (Å²) in [6.07, 6.45) is 0.0556. The van der Waals surface area contributed by atoms with Crippen molar-refractivity contribution in [1.82, 2.24) is 0 Å². The van der Waals surface area contributed by atoms with Crippen LogP contribution in [0.15, 0.2) is 12.7 Å². The lowest BCUT2D eigenvalue weighted by atomic mass is 9.96. The Labute approximate surface area is 68.9 Å². The second kappa shape index (κ2) is 3.87. The minimum absolute atomic E-state index is 0.283. The molecule has 0 radical (unpaired) electrons. The molecule has 12 heavy (non-hydrogen) atoms. The van der Waals surface area contributed by atoms with E-state index < -0.39 is 24.0 Å². The average Bonchev–Trinajstić information content (AvgIpc) is 1.85. The molecular weight excluding hydrogens is 164 g/mol. The summed E-state index contributed by atoms with van der Waals surface area (Å²) < 4.78 is 0. The fourth-order valence-electron chi connectivity index (χ4n) is 0.724. The zero-order valence-electron chi connectivity index (χ0n) is 6.36. The summed E-state index contributed by atoms with van der Waals surface area (Å²) in [5.41, 5.74) is -2.23. The van der Waals surface area contributed by atoms with E-state index in [0.717, 1.165) is 6.08 Å². The first-order chi connectivity index (χ1) is 5.42. The zero-order valence-corrected chi connectivity index (χ0v) is 6.36. The number of aliphatic carboxylic acids is 2. The van der Waals surface area contributed by atoms with Crippen LogP contribution < -0.4 is 0 Å². The number of aliphatic hydroxyl groups is 1. The maximum Gasteiger partial charge on any atom is 0.336 e. The number of rotatable bonds is 5. The molecule has 0 aromatic heterocycles. The van der Waals surface area contributed by atoms with E-state index in [2.05, 4.69) is 6.58 Å². The van der Waals surface area contributed by atoms with Gasteiger partial charge in [0.05, 0.1) is 6.42 Å². The Bertz CT molecular complexity index is 210. The summed E-state index contributed by atoms with van der Waals surface area (Å²) in [7, 11) is 0. The molecule has 0 heterocycles. The minimum atomic E-state index is -2.23. The van der Waals surface area contributed by atoms with Gasteiger partial charge < -0.3 is 15.3 Å². The van der Waals surface area contributed by atoms with Gasteiger partial charge in [-0.25, -0.2) is 4.79 Å². The summed E-state index contributed by atoms with van der Waals surface area (Å²) in [4.78, 5) is 20.5. The Morgan fingerprint density at radius 2 is 1.92 bits per heavy atom. The van der Waals surface area contributed by atoms with Crippen molar-refractivity contribution < 1.29 is 24.9 Å². The van der Waals surface area contributed by atoms with Crippen LogP contribution in [0.4, 0.5) is 0 Å². The molecule has 0 aliphatic heterocycles. The number of hydrogen-bond acceptors (Lipinski definition) is 3. The van der Waals surface area contributed by atoms with Gasteiger partial charge in [-0.3, -0.25) is 4.79 Å². The van der Waals surface area contributed by atoms with E-state index in [9.17, 15) is 14.7 Å². The van der Waals surface area contributed by atoms with Gasteiger partial charge in [-0.05, 0) is 0 Å². The van der Waals surface area contributed by atoms with Gasteiger partial charge in [0.15, 0.2) is 5.60 Å². The smallest absolute Gasteiger partial charge is 0.336 e. The first-order valence-corrected chi connectivity index (χ1v) is 3.21. The standard InChI is InChI=1S/C7H10O5/c1-2-3-7(12,6(10)11)4-5(8)9/h2,12H,1,3-4H2,(H,8,9)(H,10,11)/t7-/m1/s1. The van der Waals surface area contributed by atoms with Crippen molar-refractivity contribution in [3.8, 4) is 0 Å². The second-order valence-electron chi connectivity index (χ2n) is 2.40. The molecule has 0 aromatic carbocycles. The molecule has 0 saturated heterocycles. The van der Waals surface area contributed by atoms with Gasteiger partial charge in [-0.2, -0.15) is 0 Å². The van der Waals surface area contributed by atoms with Crippen molar-refractivity contribution >= 4 is 11.9 Å². The predicted molar refractivity (Wildman–Crippen MR) is 39.7 cm³/mol. The van der Waals surface area contributed by atoms with Gasteiger partial charge in [0, 0.05) is 6.42 Å². The lowest BCUT2D eigenvalue weighted by Gasteiger charge is -2.18. The molecule has 0 saturated carbocycles. The highest BCUT2D eigenvalue weighted by Crippen LogP contribution is 2.15. The summed E-state index contributed by atoms with van der Waals surface area (Å²) in [5.74, 6) is -2.91. The first-order valence-electron chi connectivity index (χ1n) is 3.21. The molecule has 5 heteroatoms. The summed E-state index contributed by atoms with van der Waals surface area (Å²) >= 11 is 0. The van der Waals surface area contributed by atoms with Gasteiger partial charge in [0.25, 0.3) is 0 Å². The molecule has 0 aliphatic carbocycles. The van der Waals surface area contributed by atoms with E-state index in [1.165, 1.54) is 0 Å². The third kappa shape index (κ3) is 2.71. The molecule has 1 atom stereocenters. The van der Waals surface area contributed by atoms with Crippen LogP contribution in [-0.2, 0) is 9.59 Å². The van der Waals surface area contributed by atoms with Crippen LogP contribution in [0.2, 0.25) is 0 Å². The van der Waals surface area contributed by atoms with Crippen molar-refractivity contribution in [2.24, 2.45) is 0 Å². The second-order valence-corrected chi connectivity index (χ2v) is 2.40. The average molecular weight is 174 g/mol. The Hall–Kier alpha value is -1.36. The Morgan fingerprint density at radius 1 is 1.42 bits per heavy atom. The molecule has 5 nitrogen and oxygen atoms in total. The highest BCUT2D eigenvalue weighted by Gasteiger charge is 2.36. The Balaban J connectivity index is 4.49. The van der Waals surface area contributed by atoms with Gasteiger partial charge in [0.1, 0.15) is 0 Å². The van der Waals surface area contributed by atoms with Crippen LogP contribution in [0, 0.1) is 0 Å². The molecule has 0 aromatic rings. The quantitative estimate of drug-likeness (QED) is 0.504. The summed E-state index contributed by atoms with van der Waals surface area (Å²) in [5, 5.41) is 25.9. The minimum Gasteiger partial charge on any atom is -0.481 e. The number of carboxylic acids is 2. The molecule has 0 rings (SSSR count).